The highest BCUT2D eigenvalue weighted by Gasteiger charge is 2.32. The normalized spacial score (nSPS) is 19.5. The van der Waals surface area contributed by atoms with Crippen LogP contribution in [-0.4, -0.2) is 63.1 Å². The number of nitrogens with zero attached hydrogens (tertiary/aromatic N) is 3. The van der Waals surface area contributed by atoms with Crippen molar-refractivity contribution in [3.63, 3.8) is 0 Å². The maximum atomic E-state index is 12.6. The summed E-state index contributed by atoms with van der Waals surface area (Å²) in [5, 5.41) is 6.93. The second-order valence-corrected chi connectivity index (χ2v) is 8.36. The van der Waals surface area contributed by atoms with E-state index in [1.165, 1.54) is 18.5 Å². The molecule has 1 saturated heterocycles. The van der Waals surface area contributed by atoms with E-state index >= 15 is 0 Å². The van der Waals surface area contributed by atoms with Crippen molar-refractivity contribution in [3.8, 4) is 0 Å². The minimum absolute atomic E-state index is 0. The van der Waals surface area contributed by atoms with E-state index < -0.39 is 0 Å². The number of carbonyl (C=O) groups is 1. The Morgan fingerprint density at radius 2 is 1.90 bits per heavy atom. The molecular weight excluding hydrogens is 489 g/mol. The molecule has 1 aliphatic carbocycles. The summed E-state index contributed by atoms with van der Waals surface area (Å²) in [6.45, 7) is 3.62. The van der Waals surface area contributed by atoms with E-state index in [-0.39, 0.29) is 29.9 Å². The zero-order chi connectivity index (χ0) is 20.5. The number of rotatable bonds is 8. The third-order valence-corrected chi connectivity index (χ3v) is 6.18. The van der Waals surface area contributed by atoms with Crippen LogP contribution in [0.15, 0.2) is 35.3 Å². The maximum absolute atomic E-state index is 12.6. The number of carbonyl (C=O) groups excluding carboxylic acids is 1. The minimum Gasteiger partial charge on any atom is -0.375 e. The highest BCUT2D eigenvalue weighted by Crippen LogP contribution is 2.27. The number of unbranched alkanes of at least 4 members (excludes halogenated alkanes) is 1. The summed E-state index contributed by atoms with van der Waals surface area (Å²) in [7, 11) is 3.96. The third-order valence-electron chi connectivity index (χ3n) is 6.18. The first-order chi connectivity index (χ1) is 14.2. The van der Waals surface area contributed by atoms with Crippen molar-refractivity contribution in [2.45, 2.75) is 51.0 Å². The molecule has 1 aromatic rings. The second-order valence-electron chi connectivity index (χ2n) is 8.36. The first kappa shape index (κ1) is 24.8. The van der Waals surface area contributed by atoms with Crippen LogP contribution in [0.3, 0.4) is 0 Å². The third kappa shape index (κ3) is 7.32. The van der Waals surface area contributed by atoms with Crippen LogP contribution in [0.2, 0.25) is 0 Å². The van der Waals surface area contributed by atoms with Crippen molar-refractivity contribution in [1.82, 2.24) is 15.5 Å². The quantitative estimate of drug-likeness (QED) is 0.235. The molecule has 0 aromatic heterocycles. The number of anilines is 1. The van der Waals surface area contributed by atoms with E-state index in [1.807, 2.05) is 13.1 Å². The van der Waals surface area contributed by atoms with Crippen molar-refractivity contribution in [1.29, 1.82) is 0 Å². The van der Waals surface area contributed by atoms with Gasteiger partial charge >= 0.3 is 0 Å². The van der Waals surface area contributed by atoms with Gasteiger partial charge in [0.15, 0.2) is 5.96 Å². The van der Waals surface area contributed by atoms with Crippen LogP contribution in [0.25, 0.3) is 0 Å². The lowest BCUT2D eigenvalue weighted by molar-refractivity contribution is -0.134. The number of halogens is 1. The van der Waals surface area contributed by atoms with Gasteiger partial charge in [-0.3, -0.25) is 9.79 Å². The molecule has 1 heterocycles. The summed E-state index contributed by atoms with van der Waals surface area (Å²) in [4.78, 5) is 21.3. The predicted molar refractivity (Wildman–Crippen MR) is 136 cm³/mol. The fourth-order valence-corrected chi connectivity index (χ4v) is 4.39. The molecule has 3 rings (SSSR count). The van der Waals surface area contributed by atoms with Gasteiger partial charge in [0.2, 0.25) is 5.91 Å². The number of likely N-dealkylation sites (tertiary alicyclic amines) is 1. The average Bonchev–Trinajstić information content (AvgIpc) is 3.45. The number of hydrogen-bond acceptors (Lipinski definition) is 3. The lowest BCUT2D eigenvalue weighted by atomic mass is 10.1. The van der Waals surface area contributed by atoms with Gasteiger partial charge in [-0.2, -0.15) is 0 Å². The molecule has 1 amide bonds. The van der Waals surface area contributed by atoms with Crippen molar-refractivity contribution >= 4 is 41.5 Å². The molecule has 1 unspecified atom stereocenters. The van der Waals surface area contributed by atoms with Gasteiger partial charge in [0.1, 0.15) is 0 Å². The Bertz CT molecular complexity index is 663. The molecule has 0 bridgehead atoms. The molecule has 6 nitrogen and oxygen atoms in total. The van der Waals surface area contributed by atoms with E-state index in [2.05, 4.69) is 56.7 Å². The lowest BCUT2D eigenvalue weighted by Crippen LogP contribution is -2.45. The van der Waals surface area contributed by atoms with Gasteiger partial charge in [-0.15, -0.1) is 24.0 Å². The number of aliphatic imine (C=N–C) groups is 1. The molecule has 0 radical (unpaired) electrons. The topological polar surface area (TPSA) is 60.0 Å². The average molecular weight is 527 g/mol. The molecule has 1 aromatic carbocycles. The number of para-hydroxylation sites is 1. The standard InChI is InChI=1S/C23H37N5O.HI/c1-24-23(25-15-8-9-16-27(2)21-12-4-3-5-13-21)26-20-14-17-28(18-20)22(29)19-10-6-7-11-19;/h3-5,12-13,19-20H,6-11,14-18H2,1-2H3,(H2,24,25,26);1H. The molecule has 1 aliphatic heterocycles. The Balaban J connectivity index is 0.00000320. The highest BCUT2D eigenvalue weighted by molar-refractivity contribution is 14.0. The summed E-state index contributed by atoms with van der Waals surface area (Å²) in [5.41, 5.74) is 1.26. The Morgan fingerprint density at radius 3 is 2.60 bits per heavy atom. The predicted octanol–water partition coefficient (Wildman–Crippen LogP) is 3.48. The zero-order valence-electron chi connectivity index (χ0n) is 18.5. The lowest BCUT2D eigenvalue weighted by Gasteiger charge is -2.22. The molecular formula is C23H38IN5O. The molecule has 2 N–H and O–H groups in total. The first-order valence-corrected chi connectivity index (χ1v) is 11.2. The van der Waals surface area contributed by atoms with Crippen LogP contribution in [0, 0.1) is 5.92 Å². The van der Waals surface area contributed by atoms with Crippen molar-refractivity contribution in [2.75, 3.05) is 45.2 Å². The Labute approximate surface area is 198 Å². The van der Waals surface area contributed by atoms with Gasteiger partial charge in [0.25, 0.3) is 0 Å². The van der Waals surface area contributed by atoms with Gasteiger partial charge in [0, 0.05) is 57.9 Å². The molecule has 2 aliphatic rings. The number of hydrogen-bond donors (Lipinski definition) is 2. The Kier molecular flexibility index (Phi) is 10.7. The number of nitrogens with one attached hydrogen (secondary N) is 2. The van der Waals surface area contributed by atoms with E-state index in [9.17, 15) is 4.79 Å². The summed E-state index contributed by atoms with van der Waals surface area (Å²) >= 11 is 0. The number of amides is 1. The highest BCUT2D eigenvalue weighted by atomic mass is 127. The van der Waals surface area contributed by atoms with Crippen LogP contribution in [0.5, 0.6) is 0 Å². The van der Waals surface area contributed by atoms with Crippen molar-refractivity contribution < 1.29 is 4.79 Å². The monoisotopic (exact) mass is 527 g/mol. The van der Waals surface area contributed by atoms with Gasteiger partial charge < -0.3 is 20.4 Å². The molecule has 168 valence electrons. The van der Waals surface area contributed by atoms with Crippen LogP contribution >= 0.6 is 24.0 Å². The number of benzene rings is 1. The van der Waals surface area contributed by atoms with E-state index in [0.29, 0.717) is 11.9 Å². The molecule has 0 spiro atoms. The van der Waals surface area contributed by atoms with Gasteiger partial charge in [0.05, 0.1) is 0 Å². The fraction of sp³-hybridized carbons (Fsp3) is 0.652. The molecule has 7 heteroatoms. The van der Waals surface area contributed by atoms with Gasteiger partial charge in [-0.1, -0.05) is 31.0 Å². The largest absolute Gasteiger partial charge is 0.375 e. The van der Waals surface area contributed by atoms with Gasteiger partial charge in [-0.05, 0) is 44.2 Å². The van der Waals surface area contributed by atoms with Crippen LogP contribution in [0.4, 0.5) is 5.69 Å². The SMILES string of the molecule is CN=C(NCCCCN(C)c1ccccc1)NC1CCN(C(=O)C2CCCC2)C1.I. The van der Waals surface area contributed by atoms with Crippen LogP contribution in [-0.2, 0) is 4.79 Å². The number of guanidine groups is 1. The van der Waals surface area contributed by atoms with E-state index in [4.69, 9.17) is 0 Å². The molecule has 1 atom stereocenters. The molecule has 2 fully saturated rings. The Morgan fingerprint density at radius 1 is 1.17 bits per heavy atom. The molecule has 30 heavy (non-hydrogen) atoms. The summed E-state index contributed by atoms with van der Waals surface area (Å²) in [6.07, 6.45) is 7.80. The first-order valence-electron chi connectivity index (χ1n) is 11.2. The van der Waals surface area contributed by atoms with E-state index in [1.54, 1.807) is 0 Å². The van der Waals surface area contributed by atoms with E-state index in [0.717, 1.165) is 64.2 Å². The van der Waals surface area contributed by atoms with Crippen LogP contribution < -0.4 is 15.5 Å². The Hall–Kier alpha value is -1.51. The fourth-order valence-electron chi connectivity index (χ4n) is 4.39. The summed E-state index contributed by atoms with van der Waals surface area (Å²) in [5.74, 6) is 1.50. The summed E-state index contributed by atoms with van der Waals surface area (Å²) in [6, 6.07) is 10.8. The van der Waals surface area contributed by atoms with Crippen molar-refractivity contribution in [3.05, 3.63) is 30.3 Å². The van der Waals surface area contributed by atoms with Gasteiger partial charge in [-0.25, -0.2) is 0 Å². The maximum Gasteiger partial charge on any atom is 0.225 e. The minimum atomic E-state index is 0. The summed E-state index contributed by atoms with van der Waals surface area (Å²) < 4.78 is 0. The second kappa shape index (κ2) is 13.0. The van der Waals surface area contributed by atoms with Crippen molar-refractivity contribution in [2.24, 2.45) is 10.9 Å². The molecule has 1 saturated carbocycles. The smallest absolute Gasteiger partial charge is 0.225 e. The zero-order valence-corrected chi connectivity index (χ0v) is 20.8. The van der Waals surface area contributed by atoms with Crippen LogP contribution in [0.1, 0.15) is 44.9 Å².